The van der Waals surface area contributed by atoms with E-state index >= 15 is 0 Å². The van der Waals surface area contributed by atoms with Gasteiger partial charge in [0.05, 0.1) is 11.5 Å². The van der Waals surface area contributed by atoms with Gasteiger partial charge in [-0.2, -0.15) is 0 Å². The second-order valence-corrected chi connectivity index (χ2v) is 5.65. The van der Waals surface area contributed by atoms with Crippen molar-refractivity contribution in [2.45, 2.75) is 6.92 Å². The van der Waals surface area contributed by atoms with Gasteiger partial charge in [-0.25, -0.2) is 4.79 Å². The number of ether oxygens (including phenoxy) is 3. The van der Waals surface area contributed by atoms with Crippen LogP contribution in [0.1, 0.15) is 17.3 Å². The highest BCUT2D eigenvalue weighted by Crippen LogP contribution is 2.16. The Balaban J connectivity index is 1.64. The fourth-order valence-electron chi connectivity index (χ4n) is 1.81. The molecule has 0 bridgehead atoms. The third-order valence-electron chi connectivity index (χ3n) is 3.17. The predicted molar refractivity (Wildman–Crippen MR) is 91.6 cm³/mol. The lowest BCUT2D eigenvalue weighted by molar-refractivity contribution is -0.150. The van der Waals surface area contributed by atoms with E-state index < -0.39 is 17.9 Å². The van der Waals surface area contributed by atoms with E-state index in [0.717, 1.165) is 0 Å². The van der Waals surface area contributed by atoms with E-state index in [0.29, 0.717) is 16.3 Å². The number of esters is 2. The van der Waals surface area contributed by atoms with Crippen molar-refractivity contribution in [2.24, 2.45) is 5.92 Å². The summed E-state index contributed by atoms with van der Waals surface area (Å²) in [5.74, 6) is -0.770. The average molecular weight is 364 g/mol. The van der Waals surface area contributed by atoms with Gasteiger partial charge in [0.2, 0.25) is 0 Å². The minimum Gasteiger partial charge on any atom is -0.493 e. The molecule has 25 heavy (non-hydrogen) atoms. The molecule has 7 heteroatoms. The van der Waals surface area contributed by atoms with E-state index in [4.69, 9.17) is 25.8 Å². The maximum Gasteiger partial charge on any atom is 0.339 e. The van der Waals surface area contributed by atoms with Crippen LogP contribution in [0.5, 0.6) is 5.75 Å². The predicted octanol–water partition coefficient (Wildman–Crippen LogP) is 3.15. The fraction of sp³-hybridized carbons (Fsp3) is 0.278. The number of pyridine rings is 1. The molecule has 0 aliphatic carbocycles. The van der Waals surface area contributed by atoms with E-state index in [2.05, 4.69) is 4.98 Å². The molecule has 0 fully saturated rings. The van der Waals surface area contributed by atoms with Crippen molar-refractivity contribution in [1.29, 1.82) is 0 Å². The van der Waals surface area contributed by atoms with Gasteiger partial charge in [0.15, 0.2) is 0 Å². The molecule has 6 nitrogen and oxygen atoms in total. The standard InChI is InChI=1S/C18H18ClNO5/c1-13(12-25-16-6-4-15(19)5-7-16)17(21)23-9-10-24-18(22)14-3-2-8-20-11-14/h2-8,11,13H,9-10,12H2,1H3. The van der Waals surface area contributed by atoms with Crippen molar-refractivity contribution >= 4 is 23.5 Å². The van der Waals surface area contributed by atoms with E-state index in [1.807, 2.05) is 0 Å². The summed E-state index contributed by atoms with van der Waals surface area (Å²) in [5.41, 5.74) is 0.346. The molecular formula is C18H18ClNO5. The van der Waals surface area contributed by atoms with Crippen LogP contribution in [0.3, 0.4) is 0 Å². The van der Waals surface area contributed by atoms with Crippen LogP contribution in [-0.4, -0.2) is 36.7 Å². The van der Waals surface area contributed by atoms with Crippen molar-refractivity contribution in [3.05, 3.63) is 59.4 Å². The van der Waals surface area contributed by atoms with Gasteiger partial charge in [-0.1, -0.05) is 11.6 Å². The summed E-state index contributed by atoms with van der Waals surface area (Å²) in [6.45, 7) is 1.83. The molecule has 0 saturated heterocycles. The Kier molecular flexibility index (Phi) is 7.22. The second-order valence-electron chi connectivity index (χ2n) is 5.21. The number of hydrogen-bond donors (Lipinski definition) is 0. The van der Waals surface area contributed by atoms with Crippen LogP contribution in [0.25, 0.3) is 0 Å². The monoisotopic (exact) mass is 363 g/mol. The Labute approximate surface area is 150 Å². The lowest BCUT2D eigenvalue weighted by Crippen LogP contribution is -2.23. The highest BCUT2D eigenvalue weighted by atomic mass is 35.5. The minimum absolute atomic E-state index is 0.0177. The molecule has 2 aromatic rings. The first-order valence-electron chi connectivity index (χ1n) is 7.68. The maximum atomic E-state index is 11.9. The van der Waals surface area contributed by atoms with Gasteiger partial charge in [0, 0.05) is 17.4 Å². The van der Waals surface area contributed by atoms with Crippen LogP contribution >= 0.6 is 11.6 Å². The molecule has 1 atom stereocenters. The number of aromatic nitrogens is 1. The fourth-order valence-corrected chi connectivity index (χ4v) is 1.93. The van der Waals surface area contributed by atoms with Crippen molar-refractivity contribution in [1.82, 2.24) is 4.98 Å². The Bertz CT molecular complexity index is 690. The number of nitrogens with zero attached hydrogens (tertiary/aromatic N) is 1. The van der Waals surface area contributed by atoms with Crippen molar-refractivity contribution in [3.8, 4) is 5.75 Å². The van der Waals surface area contributed by atoms with Crippen LogP contribution in [0.15, 0.2) is 48.8 Å². The smallest absolute Gasteiger partial charge is 0.339 e. The third-order valence-corrected chi connectivity index (χ3v) is 3.43. The Morgan fingerprint density at radius 1 is 1.12 bits per heavy atom. The van der Waals surface area contributed by atoms with Crippen LogP contribution < -0.4 is 4.74 Å². The van der Waals surface area contributed by atoms with Gasteiger partial charge in [-0.3, -0.25) is 9.78 Å². The number of benzene rings is 1. The first-order chi connectivity index (χ1) is 12.1. The molecule has 0 aliphatic rings. The Morgan fingerprint density at radius 2 is 1.84 bits per heavy atom. The molecule has 1 aromatic carbocycles. The maximum absolute atomic E-state index is 11.9. The molecule has 0 N–H and O–H groups in total. The van der Waals surface area contributed by atoms with Gasteiger partial charge in [-0.05, 0) is 43.3 Å². The van der Waals surface area contributed by atoms with Crippen LogP contribution in [0.2, 0.25) is 5.02 Å². The summed E-state index contributed by atoms with van der Waals surface area (Å²) in [7, 11) is 0. The second kappa shape index (κ2) is 9.64. The number of rotatable bonds is 8. The van der Waals surface area contributed by atoms with E-state index in [-0.39, 0.29) is 19.8 Å². The Morgan fingerprint density at radius 3 is 2.52 bits per heavy atom. The number of halogens is 1. The van der Waals surface area contributed by atoms with Crippen LogP contribution in [0, 0.1) is 5.92 Å². The largest absolute Gasteiger partial charge is 0.493 e. The van der Waals surface area contributed by atoms with Crippen molar-refractivity contribution in [3.63, 3.8) is 0 Å². The molecule has 132 valence electrons. The highest BCUT2D eigenvalue weighted by Gasteiger charge is 2.16. The molecular weight excluding hydrogens is 346 g/mol. The minimum atomic E-state index is -0.511. The van der Waals surface area contributed by atoms with Gasteiger partial charge in [-0.15, -0.1) is 0 Å². The van der Waals surface area contributed by atoms with Gasteiger partial charge < -0.3 is 14.2 Å². The molecule has 0 saturated carbocycles. The van der Waals surface area contributed by atoms with E-state index in [9.17, 15) is 9.59 Å². The summed E-state index contributed by atoms with van der Waals surface area (Å²) in [5, 5.41) is 0.612. The molecule has 1 aromatic heterocycles. The zero-order valence-electron chi connectivity index (χ0n) is 13.7. The van der Waals surface area contributed by atoms with Crippen LogP contribution in [0.4, 0.5) is 0 Å². The topological polar surface area (TPSA) is 74.7 Å². The van der Waals surface area contributed by atoms with Crippen molar-refractivity contribution in [2.75, 3.05) is 19.8 Å². The van der Waals surface area contributed by atoms with Gasteiger partial charge in [0.25, 0.3) is 0 Å². The summed E-state index contributed by atoms with van der Waals surface area (Å²) in [4.78, 5) is 27.4. The summed E-state index contributed by atoms with van der Waals surface area (Å²) < 4.78 is 15.6. The zero-order chi connectivity index (χ0) is 18.1. The normalized spacial score (nSPS) is 11.4. The first-order valence-corrected chi connectivity index (χ1v) is 8.06. The molecule has 0 radical (unpaired) electrons. The SMILES string of the molecule is CC(COc1ccc(Cl)cc1)C(=O)OCCOC(=O)c1cccnc1. The number of hydrogen-bond acceptors (Lipinski definition) is 6. The summed E-state index contributed by atoms with van der Waals surface area (Å²) in [6.07, 6.45) is 2.97. The van der Waals surface area contributed by atoms with Crippen molar-refractivity contribution < 1.29 is 23.8 Å². The quantitative estimate of drug-likeness (QED) is 0.529. The number of carbonyl (C=O) groups excluding carboxylic acids is 2. The van der Waals surface area contributed by atoms with E-state index in [1.165, 1.54) is 6.20 Å². The van der Waals surface area contributed by atoms with Gasteiger partial charge in [0.1, 0.15) is 25.6 Å². The molecule has 2 rings (SSSR count). The molecule has 0 spiro atoms. The van der Waals surface area contributed by atoms with Gasteiger partial charge >= 0.3 is 11.9 Å². The number of carbonyl (C=O) groups is 2. The lowest BCUT2D eigenvalue weighted by atomic mass is 10.2. The molecule has 1 unspecified atom stereocenters. The first kappa shape index (κ1) is 18.7. The molecule has 0 amide bonds. The molecule has 0 aliphatic heterocycles. The zero-order valence-corrected chi connectivity index (χ0v) is 14.4. The summed E-state index contributed by atoms with van der Waals surface area (Å²) >= 11 is 5.79. The third kappa shape index (κ3) is 6.43. The van der Waals surface area contributed by atoms with Crippen LogP contribution in [-0.2, 0) is 14.3 Å². The Hall–Kier alpha value is -2.60. The van der Waals surface area contributed by atoms with E-state index in [1.54, 1.807) is 49.5 Å². The lowest BCUT2D eigenvalue weighted by Gasteiger charge is -2.13. The average Bonchev–Trinajstić information content (AvgIpc) is 2.64. The molecule has 1 heterocycles. The summed E-state index contributed by atoms with van der Waals surface area (Å²) in [6, 6.07) is 10.1. The highest BCUT2D eigenvalue weighted by molar-refractivity contribution is 6.30.